The Labute approximate surface area is 88.4 Å². The van der Waals surface area contributed by atoms with Gasteiger partial charge in [-0.1, -0.05) is 20.8 Å². The lowest BCUT2D eigenvalue weighted by Crippen LogP contribution is -2.46. The van der Waals surface area contributed by atoms with Gasteiger partial charge in [-0.05, 0) is 19.4 Å². The van der Waals surface area contributed by atoms with Gasteiger partial charge in [0, 0.05) is 19.6 Å². The first-order valence-electron chi connectivity index (χ1n) is 5.07. The maximum atomic E-state index is 5.53. The first kappa shape index (κ1) is 13.5. The topological polar surface area (TPSA) is 21.3 Å². The lowest BCUT2D eigenvalue weighted by atomic mass is 9.83. The predicted molar refractivity (Wildman–Crippen MR) is 61.2 cm³/mol. The first-order valence-corrected chi connectivity index (χ1v) is 5.07. The molecule has 2 atom stereocenters. The van der Waals surface area contributed by atoms with Crippen LogP contribution in [0.3, 0.4) is 0 Å². The highest BCUT2D eigenvalue weighted by atomic mass is 16.5. The largest absolute Gasteiger partial charge is 0.379 e. The fourth-order valence-electron chi connectivity index (χ4n) is 1.69. The Bertz CT molecular complexity index is 207. The number of hydrogen-bond donors (Lipinski definition) is 1. The van der Waals surface area contributed by atoms with Gasteiger partial charge in [-0.2, -0.15) is 0 Å². The van der Waals surface area contributed by atoms with Gasteiger partial charge in [-0.3, -0.25) is 0 Å². The van der Waals surface area contributed by atoms with Crippen molar-refractivity contribution in [3.05, 3.63) is 0 Å². The molecule has 0 radical (unpaired) electrons. The minimum Gasteiger partial charge on any atom is -0.379 e. The van der Waals surface area contributed by atoms with Gasteiger partial charge in [-0.15, -0.1) is 11.8 Å². The molecule has 0 aromatic rings. The van der Waals surface area contributed by atoms with Gasteiger partial charge in [-0.25, -0.2) is 0 Å². The molecule has 0 aromatic carbocycles. The molecule has 2 heteroatoms. The summed E-state index contributed by atoms with van der Waals surface area (Å²) in [6.07, 6.45) is 1.02. The molecule has 0 fully saturated rings. The Morgan fingerprint density at radius 2 is 1.93 bits per heavy atom. The lowest BCUT2D eigenvalue weighted by Gasteiger charge is -2.35. The standard InChI is InChI=1S/C12H23NO/c1-7-8-9-10(13-5)11(14-6)12(2,3)4/h10-11,13H,9H2,1-6H3. The van der Waals surface area contributed by atoms with Gasteiger partial charge in [0.25, 0.3) is 0 Å². The Kier molecular flexibility index (Phi) is 5.83. The first-order chi connectivity index (χ1) is 6.47. The quantitative estimate of drug-likeness (QED) is 0.696. The van der Waals surface area contributed by atoms with Gasteiger partial charge in [0.15, 0.2) is 0 Å². The van der Waals surface area contributed by atoms with E-state index in [1.807, 2.05) is 14.0 Å². The third-order valence-electron chi connectivity index (χ3n) is 2.34. The van der Waals surface area contributed by atoms with E-state index < -0.39 is 0 Å². The van der Waals surface area contributed by atoms with Crippen LogP contribution in [0.15, 0.2) is 0 Å². The highest BCUT2D eigenvalue weighted by Gasteiger charge is 2.30. The Morgan fingerprint density at radius 1 is 1.36 bits per heavy atom. The summed E-state index contributed by atoms with van der Waals surface area (Å²) >= 11 is 0. The van der Waals surface area contributed by atoms with E-state index in [2.05, 4.69) is 37.9 Å². The molecule has 0 heterocycles. The fraction of sp³-hybridized carbons (Fsp3) is 0.833. The number of methoxy groups -OCH3 is 1. The zero-order chi connectivity index (χ0) is 11.2. The molecular formula is C12H23NO. The van der Waals surface area contributed by atoms with Gasteiger partial charge in [0.1, 0.15) is 0 Å². The van der Waals surface area contributed by atoms with Crippen LogP contribution >= 0.6 is 0 Å². The third-order valence-corrected chi connectivity index (χ3v) is 2.34. The molecular weight excluding hydrogens is 174 g/mol. The summed E-state index contributed by atoms with van der Waals surface area (Å²) < 4.78 is 5.53. The molecule has 0 aliphatic heterocycles. The van der Waals surface area contributed by atoms with E-state index >= 15 is 0 Å². The molecule has 0 saturated heterocycles. The molecule has 1 N–H and O–H groups in total. The number of nitrogens with one attached hydrogen (secondary N) is 1. The Balaban J connectivity index is 4.50. The van der Waals surface area contributed by atoms with Crippen molar-refractivity contribution in [3.8, 4) is 11.8 Å². The number of ether oxygens (including phenoxy) is 1. The molecule has 0 aromatic heterocycles. The summed E-state index contributed by atoms with van der Waals surface area (Å²) in [4.78, 5) is 0. The van der Waals surface area contributed by atoms with E-state index in [0.717, 1.165) is 6.42 Å². The molecule has 0 aliphatic carbocycles. The summed E-state index contributed by atoms with van der Waals surface area (Å²) in [5, 5.41) is 3.27. The second-order valence-electron chi connectivity index (χ2n) is 4.55. The van der Waals surface area contributed by atoms with Crippen LogP contribution in [-0.4, -0.2) is 26.3 Å². The number of likely N-dealkylation sites (N-methyl/N-ethyl adjacent to an activating group) is 1. The van der Waals surface area contributed by atoms with E-state index in [1.165, 1.54) is 0 Å². The van der Waals surface area contributed by atoms with Crippen LogP contribution < -0.4 is 5.32 Å². The molecule has 0 aliphatic rings. The monoisotopic (exact) mass is 197 g/mol. The summed E-state index contributed by atoms with van der Waals surface area (Å²) in [6.45, 7) is 8.42. The molecule has 0 spiro atoms. The molecule has 2 nitrogen and oxygen atoms in total. The predicted octanol–water partition coefficient (Wildman–Crippen LogP) is 2.05. The number of hydrogen-bond acceptors (Lipinski definition) is 2. The van der Waals surface area contributed by atoms with Gasteiger partial charge in [0.05, 0.1) is 6.10 Å². The van der Waals surface area contributed by atoms with Crippen molar-refractivity contribution in [3.63, 3.8) is 0 Å². The second kappa shape index (κ2) is 6.06. The van der Waals surface area contributed by atoms with E-state index in [-0.39, 0.29) is 11.5 Å². The van der Waals surface area contributed by atoms with Gasteiger partial charge in [0.2, 0.25) is 0 Å². The van der Waals surface area contributed by atoms with Crippen molar-refractivity contribution in [2.24, 2.45) is 5.41 Å². The normalized spacial score (nSPS) is 15.6. The summed E-state index contributed by atoms with van der Waals surface area (Å²) in [7, 11) is 3.72. The zero-order valence-corrected chi connectivity index (χ0v) is 10.3. The van der Waals surface area contributed by atoms with E-state index in [1.54, 1.807) is 7.11 Å². The third kappa shape index (κ3) is 4.13. The molecule has 2 unspecified atom stereocenters. The van der Waals surface area contributed by atoms with E-state index in [0.29, 0.717) is 6.04 Å². The molecule has 0 amide bonds. The second-order valence-corrected chi connectivity index (χ2v) is 4.55. The van der Waals surface area contributed by atoms with Gasteiger partial charge >= 0.3 is 0 Å². The fourth-order valence-corrected chi connectivity index (χ4v) is 1.69. The van der Waals surface area contributed by atoms with Crippen LogP contribution in [0.1, 0.15) is 34.1 Å². The maximum absolute atomic E-state index is 5.53. The molecule has 0 saturated carbocycles. The molecule has 82 valence electrons. The summed E-state index contributed by atoms with van der Waals surface area (Å²) in [5.74, 6) is 6.01. The van der Waals surface area contributed by atoms with Crippen molar-refractivity contribution in [2.45, 2.75) is 46.3 Å². The smallest absolute Gasteiger partial charge is 0.0781 e. The lowest BCUT2D eigenvalue weighted by molar-refractivity contribution is -0.00810. The molecule has 0 rings (SSSR count). The SMILES string of the molecule is CC#CCC(NC)C(OC)C(C)(C)C. The van der Waals surface area contributed by atoms with Gasteiger partial charge < -0.3 is 10.1 Å². The van der Waals surface area contributed by atoms with Crippen LogP contribution in [0.4, 0.5) is 0 Å². The van der Waals surface area contributed by atoms with Crippen molar-refractivity contribution in [1.29, 1.82) is 0 Å². The molecule has 0 bridgehead atoms. The average Bonchev–Trinajstić information content (AvgIpc) is 2.09. The van der Waals surface area contributed by atoms with Crippen molar-refractivity contribution >= 4 is 0 Å². The van der Waals surface area contributed by atoms with Crippen molar-refractivity contribution < 1.29 is 4.74 Å². The van der Waals surface area contributed by atoms with Crippen LogP contribution in [0.2, 0.25) is 0 Å². The van der Waals surface area contributed by atoms with Crippen molar-refractivity contribution in [2.75, 3.05) is 14.2 Å². The van der Waals surface area contributed by atoms with E-state index in [9.17, 15) is 0 Å². The average molecular weight is 197 g/mol. The highest BCUT2D eigenvalue weighted by molar-refractivity contribution is 5.01. The summed E-state index contributed by atoms with van der Waals surface area (Å²) in [5.41, 5.74) is 0.137. The Hall–Kier alpha value is -0.520. The highest BCUT2D eigenvalue weighted by Crippen LogP contribution is 2.25. The van der Waals surface area contributed by atoms with Crippen molar-refractivity contribution in [1.82, 2.24) is 5.32 Å². The minimum absolute atomic E-state index is 0.137. The Morgan fingerprint density at radius 3 is 2.21 bits per heavy atom. The minimum atomic E-state index is 0.137. The number of rotatable bonds is 4. The van der Waals surface area contributed by atoms with Crippen LogP contribution in [-0.2, 0) is 4.74 Å². The maximum Gasteiger partial charge on any atom is 0.0781 e. The summed E-state index contributed by atoms with van der Waals surface area (Å²) in [6, 6.07) is 0.299. The van der Waals surface area contributed by atoms with E-state index in [4.69, 9.17) is 4.74 Å². The van der Waals surface area contributed by atoms with Crippen LogP contribution in [0, 0.1) is 17.3 Å². The molecule has 14 heavy (non-hydrogen) atoms. The van der Waals surface area contributed by atoms with Crippen LogP contribution in [0.5, 0.6) is 0 Å². The van der Waals surface area contributed by atoms with Crippen LogP contribution in [0.25, 0.3) is 0 Å². The zero-order valence-electron chi connectivity index (χ0n) is 10.3.